The van der Waals surface area contributed by atoms with Crippen LogP contribution in [-0.4, -0.2) is 23.3 Å². The summed E-state index contributed by atoms with van der Waals surface area (Å²) in [4.78, 5) is 11.0. The molecule has 0 saturated carbocycles. The zero-order chi connectivity index (χ0) is 10.3. The quantitative estimate of drug-likeness (QED) is 0.647. The van der Waals surface area contributed by atoms with Crippen molar-refractivity contribution in [3.63, 3.8) is 0 Å². The maximum atomic E-state index is 11.0. The van der Waals surface area contributed by atoms with Gasteiger partial charge in [0.05, 0.1) is 12.2 Å². The molecule has 0 saturated heterocycles. The maximum Gasteiger partial charge on any atom is 0.305 e. The lowest BCUT2D eigenvalue weighted by atomic mass is 9.92. The highest BCUT2D eigenvalue weighted by atomic mass is 16.5. The lowest BCUT2D eigenvalue weighted by Crippen LogP contribution is -2.27. The SMILES string of the molecule is CCOC(=O)CCC(O)(CC)CC. The van der Waals surface area contributed by atoms with Crippen molar-refractivity contribution in [2.75, 3.05) is 6.61 Å². The van der Waals surface area contributed by atoms with Crippen LogP contribution in [0.1, 0.15) is 46.5 Å². The zero-order valence-corrected chi connectivity index (χ0v) is 8.80. The van der Waals surface area contributed by atoms with E-state index in [1.807, 2.05) is 13.8 Å². The minimum absolute atomic E-state index is 0.220. The van der Waals surface area contributed by atoms with Crippen LogP contribution in [-0.2, 0) is 9.53 Å². The molecule has 1 N–H and O–H groups in total. The van der Waals surface area contributed by atoms with Crippen molar-refractivity contribution >= 4 is 5.97 Å². The topological polar surface area (TPSA) is 46.5 Å². The summed E-state index contributed by atoms with van der Waals surface area (Å²) in [5.41, 5.74) is -0.688. The van der Waals surface area contributed by atoms with Gasteiger partial charge in [0.25, 0.3) is 0 Å². The van der Waals surface area contributed by atoms with E-state index in [2.05, 4.69) is 0 Å². The molecule has 0 unspecified atom stereocenters. The molecule has 3 nitrogen and oxygen atoms in total. The van der Waals surface area contributed by atoms with E-state index in [1.54, 1.807) is 6.92 Å². The van der Waals surface area contributed by atoms with Crippen molar-refractivity contribution in [1.29, 1.82) is 0 Å². The van der Waals surface area contributed by atoms with E-state index >= 15 is 0 Å². The van der Waals surface area contributed by atoms with Gasteiger partial charge in [-0.25, -0.2) is 0 Å². The van der Waals surface area contributed by atoms with E-state index in [9.17, 15) is 9.90 Å². The fourth-order valence-corrected chi connectivity index (χ4v) is 1.17. The number of carbonyl (C=O) groups is 1. The second-order valence-electron chi connectivity index (χ2n) is 3.24. The van der Waals surface area contributed by atoms with Crippen LogP contribution in [0.3, 0.4) is 0 Å². The second-order valence-corrected chi connectivity index (χ2v) is 3.24. The van der Waals surface area contributed by atoms with Crippen LogP contribution in [0.15, 0.2) is 0 Å². The molecule has 0 radical (unpaired) electrons. The highest BCUT2D eigenvalue weighted by Crippen LogP contribution is 2.21. The summed E-state index contributed by atoms with van der Waals surface area (Å²) in [6.45, 7) is 6.04. The number of aliphatic hydroxyl groups is 1. The van der Waals surface area contributed by atoms with Gasteiger partial charge in [-0.1, -0.05) is 13.8 Å². The van der Waals surface area contributed by atoms with Crippen molar-refractivity contribution in [3.05, 3.63) is 0 Å². The molecule has 78 valence electrons. The molecule has 0 aliphatic carbocycles. The summed E-state index contributed by atoms with van der Waals surface area (Å²) in [5, 5.41) is 9.84. The third kappa shape index (κ3) is 4.88. The van der Waals surface area contributed by atoms with Gasteiger partial charge >= 0.3 is 5.97 Å². The van der Waals surface area contributed by atoms with Crippen LogP contribution in [0.4, 0.5) is 0 Å². The van der Waals surface area contributed by atoms with Crippen molar-refractivity contribution < 1.29 is 14.6 Å². The van der Waals surface area contributed by atoms with Crippen LogP contribution >= 0.6 is 0 Å². The molecule has 13 heavy (non-hydrogen) atoms. The van der Waals surface area contributed by atoms with E-state index in [0.717, 1.165) is 0 Å². The van der Waals surface area contributed by atoms with Crippen LogP contribution in [0.5, 0.6) is 0 Å². The Morgan fingerprint density at radius 1 is 1.31 bits per heavy atom. The van der Waals surface area contributed by atoms with Gasteiger partial charge in [0.1, 0.15) is 0 Å². The Morgan fingerprint density at radius 2 is 1.85 bits per heavy atom. The van der Waals surface area contributed by atoms with Crippen molar-refractivity contribution in [1.82, 2.24) is 0 Å². The molecular formula is C10H20O3. The third-order valence-electron chi connectivity index (χ3n) is 2.42. The third-order valence-corrected chi connectivity index (χ3v) is 2.42. The largest absolute Gasteiger partial charge is 0.466 e. The van der Waals surface area contributed by atoms with E-state index in [-0.39, 0.29) is 5.97 Å². The molecular weight excluding hydrogens is 168 g/mol. The zero-order valence-electron chi connectivity index (χ0n) is 8.80. The molecule has 0 aromatic rings. The summed E-state index contributed by atoms with van der Waals surface area (Å²) in [6.07, 6.45) is 2.18. The molecule has 0 aliphatic heterocycles. The van der Waals surface area contributed by atoms with E-state index in [1.165, 1.54) is 0 Å². The predicted octanol–water partition coefficient (Wildman–Crippen LogP) is 1.88. The van der Waals surface area contributed by atoms with Gasteiger partial charge in [-0.3, -0.25) is 4.79 Å². The van der Waals surface area contributed by atoms with Crippen molar-refractivity contribution in [2.45, 2.75) is 52.1 Å². The molecule has 0 heterocycles. The predicted molar refractivity (Wildman–Crippen MR) is 51.4 cm³/mol. The van der Waals surface area contributed by atoms with Crippen LogP contribution < -0.4 is 0 Å². The molecule has 0 aromatic heterocycles. The highest BCUT2D eigenvalue weighted by Gasteiger charge is 2.23. The number of hydrogen-bond acceptors (Lipinski definition) is 3. The van der Waals surface area contributed by atoms with Crippen LogP contribution in [0.2, 0.25) is 0 Å². The molecule has 0 aliphatic rings. The molecule has 0 rings (SSSR count). The second kappa shape index (κ2) is 5.97. The van der Waals surface area contributed by atoms with Crippen molar-refractivity contribution in [3.8, 4) is 0 Å². The van der Waals surface area contributed by atoms with Gasteiger partial charge in [-0.2, -0.15) is 0 Å². The minimum Gasteiger partial charge on any atom is -0.466 e. The smallest absolute Gasteiger partial charge is 0.305 e. The Hall–Kier alpha value is -0.570. The molecule has 0 bridgehead atoms. The summed E-state index contributed by atoms with van der Waals surface area (Å²) in [7, 11) is 0. The van der Waals surface area contributed by atoms with E-state index in [4.69, 9.17) is 4.74 Å². The Bertz CT molecular complexity index is 150. The molecule has 0 amide bonds. The standard InChI is InChI=1S/C10H20O3/c1-4-10(12,5-2)8-7-9(11)13-6-3/h12H,4-8H2,1-3H3. The minimum atomic E-state index is -0.688. The van der Waals surface area contributed by atoms with Crippen molar-refractivity contribution in [2.24, 2.45) is 0 Å². The summed E-state index contributed by atoms with van der Waals surface area (Å²) in [6, 6.07) is 0. The first kappa shape index (κ1) is 12.4. The number of carbonyl (C=O) groups excluding carboxylic acids is 1. The average molecular weight is 188 g/mol. The molecule has 0 fully saturated rings. The first-order chi connectivity index (χ1) is 6.08. The van der Waals surface area contributed by atoms with E-state index in [0.29, 0.717) is 32.3 Å². The summed E-state index contributed by atoms with van der Waals surface area (Å²) in [5.74, 6) is -0.220. The van der Waals surface area contributed by atoms with Crippen LogP contribution in [0, 0.1) is 0 Å². The first-order valence-corrected chi connectivity index (χ1v) is 4.96. The normalized spacial score (nSPS) is 11.4. The Morgan fingerprint density at radius 3 is 2.23 bits per heavy atom. The van der Waals surface area contributed by atoms with Gasteiger partial charge in [0.2, 0.25) is 0 Å². The fraction of sp³-hybridized carbons (Fsp3) is 0.900. The number of esters is 1. The molecule has 0 aromatic carbocycles. The molecule has 0 spiro atoms. The summed E-state index contributed by atoms with van der Waals surface area (Å²) < 4.78 is 4.78. The Balaban J connectivity index is 3.78. The molecule has 0 atom stereocenters. The molecule has 3 heteroatoms. The highest BCUT2D eigenvalue weighted by molar-refractivity contribution is 5.69. The number of rotatable bonds is 6. The van der Waals surface area contributed by atoms with E-state index < -0.39 is 5.60 Å². The van der Waals surface area contributed by atoms with Gasteiger partial charge in [0.15, 0.2) is 0 Å². The fourth-order valence-electron chi connectivity index (χ4n) is 1.17. The monoisotopic (exact) mass is 188 g/mol. The van der Waals surface area contributed by atoms with Gasteiger partial charge < -0.3 is 9.84 Å². The van der Waals surface area contributed by atoms with Gasteiger partial charge in [-0.05, 0) is 26.2 Å². The average Bonchev–Trinajstić information content (AvgIpc) is 2.15. The van der Waals surface area contributed by atoms with Crippen LogP contribution in [0.25, 0.3) is 0 Å². The lowest BCUT2D eigenvalue weighted by molar-refractivity contribution is -0.144. The number of hydrogen-bond donors (Lipinski definition) is 1. The van der Waals surface area contributed by atoms with Gasteiger partial charge in [-0.15, -0.1) is 0 Å². The Kier molecular flexibility index (Phi) is 5.71. The lowest BCUT2D eigenvalue weighted by Gasteiger charge is -2.24. The van der Waals surface area contributed by atoms with Gasteiger partial charge in [0, 0.05) is 6.42 Å². The first-order valence-electron chi connectivity index (χ1n) is 4.96. The maximum absolute atomic E-state index is 11.0. The summed E-state index contributed by atoms with van der Waals surface area (Å²) >= 11 is 0. The number of ether oxygens (including phenoxy) is 1. The Labute approximate surface area is 80.1 Å².